The van der Waals surface area contributed by atoms with Gasteiger partial charge in [0.2, 0.25) is 5.75 Å². The molecule has 1 aromatic rings. The third-order valence-corrected chi connectivity index (χ3v) is 2.24. The second-order valence-corrected chi connectivity index (χ2v) is 3.03. The average molecular weight is 227 g/mol. The Bertz CT molecular complexity index is 420. The molecule has 16 heavy (non-hydrogen) atoms. The molecule has 0 unspecified atom stereocenters. The molecule has 0 saturated carbocycles. The molecule has 1 aromatic carbocycles. The Kier molecular flexibility index (Phi) is 3.51. The Labute approximate surface area is 92.3 Å². The van der Waals surface area contributed by atoms with E-state index in [1.807, 2.05) is 0 Å². The minimum absolute atomic E-state index is 0.0870. The number of hydrazine groups is 1. The Balaban J connectivity index is 3.57. The Morgan fingerprint density at radius 3 is 2.44 bits per heavy atom. The summed E-state index contributed by atoms with van der Waals surface area (Å²) < 4.78 is 9.97. The van der Waals surface area contributed by atoms with Gasteiger partial charge < -0.3 is 14.9 Å². The van der Waals surface area contributed by atoms with Crippen molar-refractivity contribution < 1.29 is 14.4 Å². The fourth-order valence-corrected chi connectivity index (χ4v) is 1.44. The molecule has 0 bridgehead atoms. The van der Waals surface area contributed by atoms with E-state index in [0.717, 1.165) is 0 Å². The molecule has 0 amide bonds. The van der Waals surface area contributed by atoms with E-state index in [0.29, 0.717) is 11.3 Å². The number of hydrogen-bond donors (Lipinski definition) is 2. The number of nitrogens with one attached hydrogen (secondary N) is 1. The van der Waals surface area contributed by atoms with E-state index in [4.69, 9.17) is 15.3 Å². The molecule has 0 aliphatic rings. The van der Waals surface area contributed by atoms with Crippen LogP contribution in [0.25, 0.3) is 0 Å². The first-order valence-electron chi connectivity index (χ1n) is 4.43. The second kappa shape index (κ2) is 4.67. The molecule has 0 fully saturated rings. The van der Waals surface area contributed by atoms with Gasteiger partial charge in [-0.25, -0.2) is 0 Å². The van der Waals surface area contributed by atoms with Gasteiger partial charge in [0.25, 0.3) is 0 Å². The Morgan fingerprint density at radius 2 is 2.06 bits per heavy atom. The normalized spacial score (nSPS) is 9.75. The van der Waals surface area contributed by atoms with E-state index < -0.39 is 4.92 Å². The quantitative estimate of drug-likeness (QED) is 0.455. The highest BCUT2D eigenvalue weighted by molar-refractivity contribution is 5.71. The number of ether oxygens (including phenoxy) is 2. The number of rotatable bonds is 4. The third kappa shape index (κ3) is 1.84. The highest BCUT2D eigenvalue weighted by Gasteiger charge is 2.25. The number of benzene rings is 1. The number of nitrogens with two attached hydrogens (primary N) is 1. The molecular formula is C9H13N3O4. The molecule has 0 aromatic heterocycles. The summed E-state index contributed by atoms with van der Waals surface area (Å²) >= 11 is 0. The van der Waals surface area contributed by atoms with Gasteiger partial charge in [0.15, 0.2) is 5.75 Å². The van der Waals surface area contributed by atoms with Crippen molar-refractivity contribution in [2.24, 2.45) is 5.84 Å². The fourth-order valence-electron chi connectivity index (χ4n) is 1.44. The molecular weight excluding hydrogens is 214 g/mol. The minimum atomic E-state index is -0.530. The summed E-state index contributed by atoms with van der Waals surface area (Å²) in [5.74, 6) is 5.61. The third-order valence-electron chi connectivity index (χ3n) is 2.24. The molecule has 0 aliphatic heterocycles. The van der Waals surface area contributed by atoms with Gasteiger partial charge in [-0.05, 0) is 6.92 Å². The first-order valence-corrected chi connectivity index (χ1v) is 4.43. The smallest absolute Gasteiger partial charge is 0.319 e. The van der Waals surface area contributed by atoms with Gasteiger partial charge >= 0.3 is 5.69 Å². The van der Waals surface area contributed by atoms with Crippen LogP contribution < -0.4 is 20.7 Å². The zero-order valence-corrected chi connectivity index (χ0v) is 9.23. The number of anilines is 1. The van der Waals surface area contributed by atoms with Crippen LogP contribution in [0.4, 0.5) is 11.4 Å². The molecule has 88 valence electrons. The van der Waals surface area contributed by atoms with Crippen molar-refractivity contribution in [3.05, 3.63) is 21.7 Å². The summed E-state index contributed by atoms with van der Waals surface area (Å²) in [6.07, 6.45) is 0. The van der Waals surface area contributed by atoms with Gasteiger partial charge in [0.05, 0.1) is 30.4 Å². The van der Waals surface area contributed by atoms with Gasteiger partial charge in [0.1, 0.15) is 0 Å². The summed E-state index contributed by atoms with van der Waals surface area (Å²) in [6, 6.07) is 1.54. The highest BCUT2D eigenvalue weighted by Crippen LogP contribution is 2.42. The lowest BCUT2D eigenvalue weighted by Gasteiger charge is -2.12. The number of nitro benzene ring substituents is 1. The molecule has 3 N–H and O–H groups in total. The van der Waals surface area contributed by atoms with Crippen molar-refractivity contribution in [1.29, 1.82) is 0 Å². The lowest BCUT2D eigenvalue weighted by molar-refractivity contribution is -0.386. The van der Waals surface area contributed by atoms with E-state index in [9.17, 15) is 10.1 Å². The summed E-state index contributed by atoms with van der Waals surface area (Å²) in [6.45, 7) is 1.58. The summed E-state index contributed by atoms with van der Waals surface area (Å²) in [7, 11) is 2.75. The molecule has 0 radical (unpaired) electrons. The van der Waals surface area contributed by atoms with Gasteiger partial charge in [-0.2, -0.15) is 0 Å². The maximum atomic E-state index is 10.9. The van der Waals surface area contributed by atoms with E-state index in [2.05, 4.69) is 5.43 Å². The van der Waals surface area contributed by atoms with Crippen molar-refractivity contribution in [1.82, 2.24) is 0 Å². The Morgan fingerprint density at radius 1 is 1.44 bits per heavy atom. The maximum Gasteiger partial charge on any atom is 0.319 e. The van der Waals surface area contributed by atoms with Crippen molar-refractivity contribution in [3.63, 3.8) is 0 Å². The second-order valence-electron chi connectivity index (χ2n) is 3.03. The number of nitrogen functional groups attached to an aromatic ring is 1. The summed E-state index contributed by atoms with van der Waals surface area (Å²) in [5.41, 5.74) is 3.03. The number of nitro groups is 1. The predicted molar refractivity (Wildman–Crippen MR) is 58.7 cm³/mol. The minimum Gasteiger partial charge on any atom is -0.493 e. The van der Waals surface area contributed by atoms with Crippen LogP contribution in [-0.2, 0) is 0 Å². The molecule has 7 nitrogen and oxygen atoms in total. The Hall–Kier alpha value is -2.02. The van der Waals surface area contributed by atoms with Gasteiger partial charge in [0, 0.05) is 6.07 Å². The van der Waals surface area contributed by atoms with Crippen LogP contribution in [0.3, 0.4) is 0 Å². The number of methoxy groups -OCH3 is 2. The monoisotopic (exact) mass is 227 g/mol. The van der Waals surface area contributed by atoms with Crippen molar-refractivity contribution in [3.8, 4) is 11.5 Å². The number of nitrogens with zero attached hydrogens (tertiary/aromatic N) is 1. The van der Waals surface area contributed by atoms with Crippen molar-refractivity contribution in [2.45, 2.75) is 6.92 Å². The van der Waals surface area contributed by atoms with E-state index in [-0.39, 0.29) is 17.2 Å². The SMILES string of the molecule is COc1cc(NN)c(C)c([N+](=O)[O-])c1OC. The molecule has 0 saturated heterocycles. The van der Waals surface area contributed by atoms with Crippen molar-refractivity contribution >= 4 is 11.4 Å². The van der Waals surface area contributed by atoms with Gasteiger partial charge in [-0.15, -0.1) is 0 Å². The van der Waals surface area contributed by atoms with Gasteiger partial charge in [-0.3, -0.25) is 16.0 Å². The van der Waals surface area contributed by atoms with Crippen LogP contribution in [0.1, 0.15) is 5.56 Å². The highest BCUT2D eigenvalue weighted by atomic mass is 16.6. The number of hydrogen-bond acceptors (Lipinski definition) is 6. The van der Waals surface area contributed by atoms with Crippen LogP contribution in [0, 0.1) is 17.0 Å². The lowest BCUT2D eigenvalue weighted by Crippen LogP contribution is -2.10. The standard InChI is InChI=1S/C9H13N3O4/c1-5-6(11-10)4-7(15-2)9(16-3)8(5)12(13)14/h4,11H,10H2,1-3H3. The zero-order valence-electron chi connectivity index (χ0n) is 9.23. The zero-order chi connectivity index (χ0) is 12.3. The van der Waals surface area contributed by atoms with Crippen LogP contribution in [-0.4, -0.2) is 19.1 Å². The van der Waals surface area contributed by atoms with Crippen molar-refractivity contribution in [2.75, 3.05) is 19.6 Å². The maximum absolute atomic E-state index is 10.9. The first kappa shape index (κ1) is 12.1. The van der Waals surface area contributed by atoms with Crippen LogP contribution in [0.5, 0.6) is 11.5 Å². The van der Waals surface area contributed by atoms with Crippen LogP contribution in [0.2, 0.25) is 0 Å². The molecule has 0 aliphatic carbocycles. The van der Waals surface area contributed by atoms with Crippen LogP contribution in [0.15, 0.2) is 6.07 Å². The van der Waals surface area contributed by atoms with Gasteiger partial charge in [-0.1, -0.05) is 0 Å². The average Bonchev–Trinajstić information content (AvgIpc) is 2.27. The molecule has 0 atom stereocenters. The predicted octanol–water partition coefficient (Wildman–Crippen LogP) is 1.21. The molecule has 0 heterocycles. The topological polar surface area (TPSA) is 99.7 Å². The lowest BCUT2D eigenvalue weighted by atomic mass is 10.1. The fraction of sp³-hybridized carbons (Fsp3) is 0.333. The molecule has 7 heteroatoms. The summed E-state index contributed by atoms with van der Waals surface area (Å²) in [5, 5.41) is 10.9. The molecule has 0 spiro atoms. The largest absolute Gasteiger partial charge is 0.493 e. The van der Waals surface area contributed by atoms with E-state index >= 15 is 0 Å². The van der Waals surface area contributed by atoms with E-state index in [1.165, 1.54) is 14.2 Å². The molecule has 1 rings (SSSR count). The van der Waals surface area contributed by atoms with Crippen LogP contribution >= 0.6 is 0 Å². The first-order chi connectivity index (χ1) is 7.56. The summed E-state index contributed by atoms with van der Waals surface area (Å²) in [4.78, 5) is 10.4. The van der Waals surface area contributed by atoms with E-state index in [1.54, 1.807) is 13.0 Å².